The molecule has 0 radical (unpaired) electrons. The number of nitrogens with zero attached hydrogens (tertiary/aromatic N) is 2. The van der Waals surface area contributed by atoms with Crippen molar-refractivity contribution in [2.45, 2.75) is 32.9 Å². The molecule has 1 aliphatic rings. The van der Waals surface area contributed by atoms with E-state index in [2.05, 4.69) is 15.4 Å². The molecular formula is C17H19ClFN3O2. The zero-order chi connectivity index (χ0) is 17.3. The summed E-state index contributed by atoms with van der Waals surface area (Å²) >= 11 is 5.94. The Kier molecular flexibility index (Phi) is 4.87. The van der Waals surface area contributed by atoms with Crippen LogP contribution in [0, 0.1) is 19.7 Å². The standard InChI is InChI=1S/C17H19ClFN3O2/c1-10-13(11(2)24-21-10)9-22-7-6-12(8-22)20-17(23)16-14(18)4-3-5-15(16)19/h3-5,12H,6-9H2,1-2H3,(H,20,23)/t12-/m0/s1. The van der Waals surface area contributed by atoms with Gasteiger partial charge in [0.2, 0.25) is 0 Å². The van der Waals surface area contributed by atoms with Crippen LogP contribution in [0.3, 0.4) is 0 Å². The molecule has 1 aromatic carbocycles. The second-order valence-corrected chi connectivity index (χ2v) is 6.50. The number of rotatable bonds is 4. The van der Waals surface area contributed by atoms with Crippen molar-refractivity contribution in [1.29, 1.82) is 0 Å². The van der Waals surface area contributed by atoms with Gasteiger partial charge in [0.25, 0.3) is 5.91 Å². The second kappa shape index (κ2) is 6.91. The minimum atomic E-state index is -0.606. The summed E-state index contributed by atoms with van der Waals surface area (Å²) in [6.45, 7) is 6.09. The maximum atomic E-state index is 13.8. The Bertz CT molecular complexity index is 723. The van der Waals surface area contributed by atoms with Gasteiger partial charge in [-0.25, -0.2) is 4.39 Å². The molecule has 1 atom stereocenters. The van der Waals surface area contributed by atoms with Crippen LogP contribution in [0.15, 0.2) is 22.7 Å². The first-order chi connectivity index (χ1) is 11.5. The van der Waals surface area contributed by atoms with E-state index in [1.807, 2.05) is 13.8 Å². The number of benzene rings is 1. The average molecular weight is 352 g/mol. The largest absolute Gasteiger partial charge is 0.361 e. The highest BCUT2D eigenvalue weighted by Gasteiger charge is 2.27. The number of halogens is 2. The van der Waals surface area contributed by atoms with Crippen molar-refractivity contribution in [3.8, 4) is 0 Å². The van der Waals surface area contributed by atoms with Crippen LogP contribution < -0.4 is 5.32 Å². The highest BCUT2D eigenvalue weighted by atomic mass is 35.5. The summed E-state index contributed by atoms with van der Waals surface area (Å²) in [5, 5.41) is 6.95. The molecule has 3 rings (SSSR count). The maximum absolute atomic E-state index is 13.8. The van der Waals surface area contributed by atoms with E-state index in [4.69, 9.17) is 16.1 Å². The fourth-order valence-corrected chi connectivity index (χ4v) is 3.27. The van der Waals surface area contributed by atoms with E-state index in [0.717, 1.165) is 36.5 Å². The number of aromatic nitrogens is 1. The van der Waals surface area contributed by atoms with Crippen molar-refractivity contribution in [1.82, 2.24) is 15.4 Å². The van der Waals surface area contributed by atoms with Crippen LogP contribution in [0.4, 0.5) is 4.39 Å². The lowest BCUT2D eigenvalue weighted by atomic mass is 10.1. The summed E-state index contributed by atoms with van der Waals surface area (Å²) in [5.41, 5.74) is 1.88. The van der Waals surface area contributed by atoms with E-state index in [1.54, 1.807) is 0 Å². The molecule has 0 saturated carbocycles. The van der Waals surface area contributed by atoms with Gasteiger partial charge >= 0.3 is 0 Å². The number of nitrogens with one attached hydrogen (secondary N) is 1. The van der Waals surface area contributed by atoms with E-state index in [1.165, 1.54) is 18.2 Å². The van der Waals surface area contributed by atoms with Crippen molar-refractivity contribution in [3.63, 3.8) is 0 Å². The molecule has 24 heavy (non-hydrogen) atoms. The average Bonchev–Trinajstić information content (AvgIpc) is 3.09. The molecule has 5 nitrogen and oxygen atoms in total. The van der Waals surface area contributed by atoms with Crippen LogP contribution in [-0.2, 0) is 6.54 Å². The predicted octanol–water partition coefficient (Wildman–Crippen LogP) is 3.09. The van der Waals surface area contributed by atoms with Gasteiger partial charge in [-0.1, -0.05) is 22.8 Å². The third kappa shape index (κ3) is 3.44. The van der Waals surface area contributed by atoms with Gasteiger partial charge < -0.3 is 9.84 Å². The third-order valence-corrected chi connectivity index (χ3v) is 4.68. The topological polar surface area (TPSA) is 58.4 Å². The van der Waals surface area contributed by atoms with E-state index < -0.39 is 11.7 Å². The minimum Gasteiger partial charge on any atom is -0.361 e. The van der Waals surface area contributed by atoms with Crippen molar-refractivity contribution in [2.75, 3.05) is 13.1 Å². The molecule has 0 bridgehead atoms. The molecular weight excluding hydrogens is 333 g/mol. The predicted molar refractivity (Wildman–Crippen MR) is 88.5 cm³/mol. The van der Waals surface area contributed by atoms with Gasteiger partial charge in [-0.3, -0.25) is 9.69 Å². The number of hydrogen-bond donors (Lipinski definition) is 1. The fourth-order valence-electron chi connectivity index (χ4n) is 3.02. The van der Waals surface area contributed by atoms with E-state index in [9.17, 15) is 9.18 Å². The molecule has 1 aliphatic heterocycles. The Morgan fingerprint density at radius 2 is 2.29 bits per heavy atom. The summed E-state index contributed by atoms with van der Waals surface area (Å²) in [6, 6.07) is 4.20. The van der Waals surface area contributed by atoms with E-state index in [-0.39, 0.29) is 16.6 Å². The number of amides is 1. The first-order valence-electron chi connectivity index (χ1n) is 7.84. The lowest BCUT2D eigenvalue weighted by Gasteiger charge is -2.17. The van der Waals surface area contributed by atoms with Gasteiger partial charge in [-0.15, -0.1) is 0 Å². The molecule has 1 N–H and O–H groups in total. The van der Waals surface area contributed by atoms with Gasteiger partial charge in [0, 0.05) is 31.2 Å². The Morgan fingerprint density at radius 1 is 1.50 bits per heavy atom. The summed E-state index contributed by atoms with van der Waals surface area (Å²) in [5.74, 6) is -0.258. The van der Waals surface area contributed by atoms with Crippen LogP contribution >= 0.6 is 11.6 Å². The van der Waals surface area contributed by atoms with Crippen LogP contribution in [0.5, 0.6) is 0 Å². The van der Waals surface area contributed by atoms with Crippen LogP contribution in [0.2, 0.25) is 5.02 Å². The van der Waals surface area contributed by atoms with E-state index >= 15 is 0 Å². The monoisotopic (exact) mass is 351 g/mol. The van der Waals surface area contributed by atoms with Crippen LogP contribution in [-0.4, -0.2) is 35.1 Å². The van der Waals surface area contributed by atoms with Gasteiger partial charge in [0.15, 0.2) is 0 Å². The zero-order valence-corrected chi connectivity index (χ0v) is 14.4. The van der Waals surface area contributed by atoms with Gasteiger partial charge in [-0.05, 0) is 32.4 Å². The molecule has 1 amide bonds. The summed E-state index contributed by atoms with van der Waals surface area (Å²) < 4.78 is 19.0. The number of hydrogen-bond acceptors (Lipinski definition) is 4. The zero-order valence-electron chi connectivity index (χ0n) is 13.6. The minimum absolute atomic E-state index is 0.0337. The number of carbonyl (C=O) groups is 1. The maximum Gasteiger partial charge on any atom is 0.256 e. The summed E-state index contributed by atoms with van der Waals surface area (Å²) in [4.78, 5) is 14.5. The Balaban J connectivity index is 1.61. The first kappa shape index (κ1) is 16.9. The van der Waals surface area contributed by atoms with Crippen molar-refractivity contribution < 1.29 is 13.7 Å². The van der Waals surface area contributed by atoms with Crippen molar-refractivity contribution in [2.24, 2.45) is 0 Å². The molecule has 2 heterocycles. The Labute approximate surface area is 144 Å². The molecule has 128 valence electrons. The SMILES string of the molecule is Cc1noc(C)c1CN1CC[C@H](NC(=O)c2c(F)cccc2Cl)C1. The highest BCUT2D eigenvalue weighted by Crippen LogP contribution is 2.21. The molecule has 0 spiro atoms. The molecule has 0 unspecified atom stereocenters. The normalized spacial score (nSPS) is 18.1. The number of carbonyl (C=O) groups excluding carboxylic acids is 1. The number of likely N-dealkylation sites (tertiary alicyclic amines) is 1. The van der Waals surface area contributed by atoms with Crippen molar-refractivity contribution in [3.05, 3.63) is 51.6 Å². The Morgan fingerprint density at radius 3 is 2.96 bits per heavy atom. The van der Waals surface area contributed by atoms with E-state index in [0.29, 0.717) is 6.54 Å². The number of aryl methyl sites for hydroxylation is 2. The van der Waals surface area contributed by atoms with Crippen LogP contribution in [0.1, 0.15) is 33.8 Å². The Hall–Kier alpha value is -1.92. The molecule has 0 aliphatic carbocycles. The van der Waals surface area contributed by atoms with Gasteiger partial charge in [0.05, 0.1) is 16.3 Å². The molecule has 1 aromatic heterocycles. The molecule has 1 fully saturated rings. The molecule has 2 aromatic rings. The lowest BCUT2D eigenvalue weighted by molar-refractivity contribution is 0.0933. The summed E-state index contributed by atoms with van der Waals surface area (Å²) in [6.07, 6.45) is 0.807. The fraction of sp³-hybridized carbons (Fsp3) is 0.412. The van der Waals surface area contributed by atoms with Gasteiger partial charge in [0.1, 0.15) is 11.6 Å². The van der Waals surface area contributed by atoms with Crippen molar-refractivity contribution >= 4 is 17.5 Å². The molecule has 1 saturated heterocycles. The smallest absolute Gasteiger partial charge is 0.256 e. The molecule has 7 heteroatoms. The van der Waals surface area contributed by atoms with Crippen LogP contribution in [0.25, 0.3) is 0 Å². The first-order valence-corrected chi connectivity index (χ1v) is 8.22. The third-order valence-electron chi connectivity index (χ3n) is 4.36. The van der Waals surface area contributed by atoms with Gasteiger partial charge in [-0.2, -0.15) is 0 Å². The lowest BCUT2D eigenvalue weighted by Crippen LogP contribution is -2.37. The second-order valence-electron chi connectivity index (χ2n) is 6.09. The summed E-state index contributed by atoms with van der Waals surface area (Å²) in [7, 11) is 0. The quantitative estimate of drug-likeness (QED) is 0.919. The highest BCUT2D eigenvalue weighted by molar-refractivity contribution is 6.33.